The number of nitrogens with one attached hydrogen (secondary N) is 1. The van der Waals surface area contributed by atoms with Crippen LogP contribution in [0.2, 0.25) is 0 Å². The van der Waals surface area contributed by atoms with Gasteiger partial charge in [0.25, 0.3) is 5.91 Å². The van der Waals surface area contributed by atoms with E-state index in [0.29, 0.717) is 18.4 Å². The molecule has 0 spiro atoms. The predicted octanol–water partition coefficient (Wildman–Crippen LogP) is 5.77. The Bertz CT molecular complexity index is 1090. The maximum absolute atomic E-state index is 13.5. The van der Waals surface area contributed by atoms with Gasteiger partial charge in [-0.1, -0.05) is 39.0 Å². The van der Waals surface area contributed by atoms with Crippen LogP contribution in [0.4, 0.5) is 5.69 Å². The third kappa shape index (κ3) is 4.26. The Morgan fingerprint density at radius 1 is 1.26 bits per heavy atom. The van der Waals surface area contributed by atoms with Crippen molar-refractivity contribution in [3.05, 3.63) is 52.5 Å². The number of benzene rings is 1. The fourth-order valence-corrected chi connectivity index (χ4v) is 5.87. The average Bonchev–Trinajstić information content (AvgIpc) is 3.13. The fraction of sp³-hybridized carbons (Fsp3) is 0.440. The first-order chi connectivity index (χ1) is 14.9. The first kappa shape index (κ1) is 21.6. The summed E-state index contributed by atoms with van der Waals surface area (Å²) < 4.78 is 6.88. The number of hydrogen-bond acceptors (Lipinski definition) is 5. The molecule has 2 aromatic heterocycles. The van der Waals surface area contributed by atoms with Crippen LogP contribution in [0.15, 0.2) is 36.5 Å². The van der Waals surface area contributed by atoms with Crippen LogP contribution in [0.25, 0.3) is 10.2 Å². The number of pyridine rings is 1. The molecule has 2 unspecified atom stereocenters. The Morgan fingerprint density at radius 3 is 2.77 bits per heavy atom. The van der Waals surface area contributed by atoms with Gasteiger partial charge >= 0.3 is 0 Å². The summed E-state index contributed by atoms with van der Waals surface area (Å²) in [6.45, 7) is 7.37. The number of aromatic nitrogens is 1. The number of ether oxygens (including phenoxy) is 1. The molecular weight excluding hydrogens is 406 g/mol. The summed E-state index contributed by atoms with van der Waals surface area (Å²) in [5.74, 6) is 1.84. The molecule has 1 amide bonds. The fourth-order valence-electron chi connectivity index (χ4n) is 4.50. The van der Waals surface area contributed by atoms with E-state index in [1.54, 1.807) is 11.3 Å². The number of fused-ring (bicyclic) bond motifs is 2. The van der Waals surface area contributed by atoms with Crippen LogP contribution in [0, 0.1) is 5.92 Å². The van der Waals surface area contributed by atoms with E-state index in [2.05, 4.69) is 37.1 Å². The zero-order valence-corrected chi connectivity index (χ0v) is 19.8. The van der Waals surface area contributed by atoms with Gasteiger partial charge in [-0.25, -0.2) is 0 Å². The van der Waals surface area contributed by atoms with Crippen molar-refractivity contribution in [2.75, 3.05) is 25.6 Å². The van der Waals surface area contributed by atoms with Crippen LogP contribution in [0.3, 0.4) is 0 Å². The van der Waals surface area contributed by atoms with Crippen LogP contribution < -0.4 is 15.0 Å². The van der Waals surface area contributed by atoms with Crippen molar-refractivity contribution >= 4 is 33.1 Å². The van der Waals surface area contributed by atoms with E-state index in [4.69, 9.17) is 4.74 Å². The van der Waals surface area contributed by atoms with Crippen molar-refractivity contribution < 1.29 is 9.53 Å². The molecule has 4 rings (SSSR count). The summed E-state index contributed by atoms with van der Waals surface area (Å²) in [5.41, 5.74) is 4.14. The number of rotatable bonds is 6. The third-order valence-corrected chi connectivity index (χ3v) is 7.07. The number of para-hydroxylation sites is 1. The molecule has 0 aliphatic carbocycles. The predicted molar refractivity (Wildman–Crippen MR) is 129 cm³/mol. The smallest absolute Gasteiger partial charge is 0.264 e. The highest BCUT2D eigenvalue weighted by Gasteiger charge is 2.28. The van der Waals surface area contributed by atoms with Crippen molar-refractivity contribution in [2.45, 2.75) is 45.6 Å². The van der Waals surface area contributed by atoms with E-state index in [1.807, 2.05) is 49.5 Å². The van der Waals surface area contributed by atoms with E-state index in [9.17, 15) is 4.79 Å². The number of hydrogen-bond donors (Lipinski definition) is 1. The molecule has 5 nitrogen and oxygen atoms in total. The molecular formula is C25H31N3O2S. The number of carbonyl (C=O) groups excluding carboxylic acids is 1. The third-order valence-electron chi connectivity index (χ3n) is 5.85. The van der Waals surface area contributed by atoms with Gasteiger partial charge < -0.3 is 15.0 Å². The van der Waals surface area contributed by atoms with E-state index >= 15 is 0 Å². The highest BCUT2D eigenvalue weighted by Crippen LogP contribution is 2.41. The molecule has 3 heterocycles. The molecule has 2 atom stereocenters. The molecule has 164 valence electrons. The summed E-state index contributed by atoms with van der Waals surface area (Å²) in [6.07, 6.45) is 3.75. The lowest BCUT2D eigenvalue weighted by Gasteiger charge is -2.26. The van der Waals surface area contributed by atoms with Crippen LogP contribution in [-0.2, 0) is 0 Å². The first-order valence-corrected chi connectivity index (χ1v) is 11.8. The Labute approximate surface area is 188 Å². The zero-order valence-electron chi connectivity index (χ0n) is 18.9. The van der Waals surface area contributed by atoms with E-state index in [0.717, 1.165) is 44.9 Å². The van der Waals surface area contributed by atoms with Gasteiger partial charge in [0, 0.05) is 32.3 Å². The average molecular weight is 438 g/mol. The number of nitrogens with zero attached hydrogens (tertiary/aromatic N) is 2. The topological polar surface area (TPSA) is 54.5 Å². The second kappa shape index (κ2) is 8.87. The van der Waals surface area contributed by atoms with Gasteiger partial charge in [0.15, 0.2) is 0 Å². The van der Waals surface area contributed by atoms with Crippen LogP contribution in [-0.4, -0.2) is 31.6 Å². The molecule has 1 aliphatic heterocycles. The Balaban J connectivity index is 1.72. The standard InChI is InChI=1S/C25H31N3O2S/c1-15(2)14-16(3)17-10-12-26-21-22(28(4)5)24(31-23(17)21)25(29)27-19-11-13-30-20-9-7-6-8-18(19)20/h6-10,12,15-16,19H,11,13-14H2,1-5H3,(H,27,29). The molecule has 0 fully saturated rings. The van der Waals surface area contributed by atoms with E-state index in [-0.39, 0.29) is 11.9 Å². The van der Waals surface area contributed by atoms with Crippen molar-refractivity contribution in [3.63, 3.8) is 0 Å². The van der Waals surface area contributed by atoms with Gasteiger partial charge in [-0.05, 0) is 36.0 Å². The SMILES string of the molecule is CC(C)CC(C)c1ccnc2c(N(C)C)c(C(=O)NC3CCOc4ccccc43)sc12. The maximum Gasteiger partial charge on any atom is 0.264 e. The molecule has 0 saturated carbocycles. The van der Waals surface area contributed by atoms with E-state index in [1.165, 1.54) is 5.56 Å². The number of amides is 1. The summed E-state index contributed by atoms with van der Waals surface area (Å²) >= 11 is 1.56. The molecule has 0 bridgehead atoms. The minimum absolute atomic E-state index is 0.0455. The summed E-state index contributed by atoms with van der Waals surface area (Å²) in [5, 5.41) is 3.27. The summed E-state index contributed by atoms with van der Waals surface area (Å²) in [4.78, 5) is 20.9. The molecule has 6 heteroatoms. The molecule has 3 aromatic rings. The van der Waals surface area contributed by atoms with Gasteiger partial charge in [0.05, 0.1) is 23.0 Å². The number of anilines is 1. The van der Waals surface area contributed by atoms with E-state index < -0.39 is 0 Å². The van der Waals surface area contributed by atoms with Crippen molar-refractivity contribution in [1.29, 1.82) is 0 Å². The summed E-state index contributed by atoms with van der Waals surface area (Å²) in [6, 6.07) is 10.0. The lowest BCUT2D eigenvalue weighted by Crippen LogP contribution is -2.32. The molecule has 1 aliphatic rings. The van der Waals surface area contributed by atoms with Crippen LogP contribution >= 0.6 is 11.3 Å². The quantitative estimate of drug-likeness (QED) is 0.532. The second-order valence-corrected chi connectivity index (χ2v) is 10.0. The lowest BCUT2D eigenvalue weighted by molar-refractivity contribution is 0.0929. The Hall–Kier alpha value is -2.60. The molecule has 31 heavy (non-hydrogen) atoms. The van der Waals surface area contributed by atoms with Gasteiger partial charge in [-0.15, -0.1) is 11.3 Å². The van der Waals surface area contributed by atoms with Gasteiger partial charge in [0.2, 0.25) is 0 Å². The van der Waals surface area contributed by atoms with Crippen LogP contribution in [0.5, 0.6) is 5.75 Å². The molecule has 0 saturated heterocycles. The normalized spacial score (nSPS) is 16.6. The largest absolute Gasteiger partial charge is 0.493 e. The molecule has 0 radical (unpaired) electrons. The lowest BCUT2D eigenvalue weighted by atomic mass is 9.92. The van der Waals surface area contributed by atoms with Crippen molar-refractivity contribution in [2.24, 2.45) is 5.92 Å². The zero-order chi connectivity index (χ0) is 22.1. The highest BCUT2D eigenvalue weighted by atomic mass is 32.1. The van der Waals surface area contributed by atoms with Crippen LogP contribution in [0.1, 0.15) is 66.4 Å². The van der Waals surface area contributed by atoms with Gasteiger partial charge in [-0.3, -0.25) is 9.78 Å². The molecule has 1 aromatic carbocycles. The summed E-state index contributed by atoms with van der Waals surface area (Å²) in [7, 11) is 3.96. The first-order valence-electron chi connectivity index (χ1n) is 11.0. The molecule has 1 N–H and O–H groups in total. The Morgan fingerprint density at radius 2 is 2.03 bits per heavy atom. The maximum atomic E-state index is 13.5. The van der Waals surface area contributed by atoms with Gasteiger partial charge in [0.1, 0.15) is 16.1 Å². The minimum atomic E-state index is -0.0510. The highest BCUT2D eigenvalue weighted by molar-refractivity contribution is 7.21. The minimum Gasteiger partial charge on any atom is -0.493 e. The monoisotopic (exact) mass is 437 g/mol. The van der Waals surface area contributed by atoms with Crippen molar-refractivity contribution in [3.8, 4) is 5.75 Å². The second-order valence-electron chi connectivity index (χ2n) is 8.98. The number of carbonyl (C=O) groups is 1. The Kier molecular flexibility index (Phi) is 6.19. The van der Waals surface area contributed by atoms with Crippen molar-refractivity contribution in [1.82, 2.24) is 10.3 Å². The number of thiophene rings is 1. The van der Waals surface area contributed by atoms with Gasteiger partial charge in [-0.2, -0.15) is 0 Å².